The van der Waals surface area contributed by atoms with Crippen LogP contribution in [0.2, 0.25) is 0 Å². The standard InChI is InChI=1S/C22H21NO/c24-22(18-11-5-2-6-12-18)21(17-9-3-1-4-10-17)23-15-19-13-7-8-14-20(19)16-23/h1-14,21-22,24H,15-16H2. The molecule has 0 aromatic heterocycles. The second kappa shape index (κ2) is 6.60. The van der Waals surface area contributed by atoms with E-state index >= 15 is 0 Å². The number of benzene rings is 3. The van der Waals surface area contributed by atoms with Gasteiger partial charge in [0.15, 0.2) is 0 Å². The SMILES string of the molecule is OC(c1ccccc1)C(c1ccccc1)N1Cc2ccccc2C1. The highest BCUT2D eigenvalue weighted by molar-refractivity contribution is 5.33. The fourth-order valence-electron chi connectivity index (χ4n) is 3.63. The first-order valence-electron chi connectivity index (χ1n) is 8.42. The van der Waals surface area contributed by atoms with Crippen molar-refractivity contribution >= 4 is 0 Å². The van der Waals surface area contributed by atoms with Crippen LogP contribution >= 0.6 is 0 Å². The van der Waals surface area contributed by atoms with E-state index in [1.807, 2.05) is 48.5 Å². The highest BCUT2D eigenvalue weighted by Gasteiger charge is 2.32. The Bertz CT molecular complexity index is 775. The summed E-state index contributed by atoms with van der Waals surface area (Å²) in [7, 11) is 0. The van der Waals surface area contributed by atoms with Gasteiger partial charge in [-0.25, -0.2) is 0 Å². The van der Waals surface area contributed by atoms with Crippen LogP contribution in [0.5, 0.6) is 0 Å². The Morgan fingerprint density at radius 1 is 0.625 bits per heavy atom. The zero-order chi connectivity index (χ0) is 16.4. The minimum atomic E-state index is -0.553. The van der Waals surface area contributed by atoms with Crippen LogP contribution in [0, 0.1) is 0 Å². The summed E-state index contributed by atoms with van der Waals surface area (Å²) in [6.45, 7) is 1.75. The van der Waals surface area contributed by atoms with Gasteiger partial charge in [0, 0.05) is 13.1 Å². The molecule has 0 fully saturated rings. The molecule has 1 aliphatic rings. The fourth-order valence-corrected chi connectivity index (χ4v) is 3.63. The minimum Gasteiger partial charge on any atom is -0.386 e. The van der Waals surface area contributed by atoms with E-state index in [0.29, 0.717) is 0 Å². The molecule has 0 saturated heterocycles. The Hall–Kier alpha value is -2.42. The van der Waals surface area contributed by atoms with E-state index in [4.69, 9.17) is 0 Å². The molecule has 2 nitrogen and oxygen atoms in total. The van der Waals surface area contributed by atoms with Crippen molar-refractivity contribution in [3.05, 3.63) is 107 Å². The van der Waals surface area contributed by atoms with Crippen molar-refractivity contribution in [2.24, 2.45) is 0 Å². The predicted molar refractivity (Wildman–Crippen MR) is 96.3 cm³/mol. The summed E-state index contributed by atoms with van der Waals surface area (Å²) in [4.78, 5) is 2.37. The van der Waals surface area contributed by atoms with Crippen molar-refractivity contribution in [2.75, 3.05) is 0 Å². The molecule has 3 aromatic carbocycles. The van der Waals surface area contributed by atoms with Crippen LogP contribution < -0.4 is 0 Å². The van der Waals surface area contributed by atoms with E-state index in [0.717, 1.165) is 24.2 Å². The van der Waals surface area contributed by atoms with Gasteiger partial charge in [-0.15, -0.1) is 0 Å². The summed E-state index contributed by atoms with van der Waals surface area (Å²) in [5.74, 6) is 0. The summed E-state index contributed by atoms with van der Waals surface area (Å²) in [6, 6.07) is 28.8. The Morgan fingerprint density at radius 2 is 1.08 bits per heavy atom. The van der Waals surface area contributed by atoms with Gasteiger partial charge in [0.05, 0.1) is 12.1 Å². The summed E-state index contributed by atoms with van der Waals surface area (Å²) in [6.07, 6.45) is -0.553. The molecule has 1 heterocycles. The third-order valence-corrected chi connectivity index (χ3v) is 4.84. The third kappa shape index (κ3) is 2.86. The predicted octanol–water partition coefficient (Wildman–Crippen LogP) is 4.48. The number of aliphatic hydroxyl groups excluding tert-OH is 1. The van der Waals surface area contributed by atoms with Crippen LogP contribution in [0.4, 0.5) is 0 Å². The van der Waals surface area contributed by atoms with Crippen LogP contribution in [-0.2, 0) is 13.1 Å². The van der Waals surface area contributed by atoms with E-state index in [-0.39, 0.29) is 6.04 Å². The van der Waals surface area contributed by atoms with E-state index in [9.17, 15) is 5.11 Å². The molecule has 1 N–H and O–H groups in total. The molecule has 24 heavy (non-hydrogen) atoms. The van der Waals surface area contributed by atoms with Gasteiger partial charge in [-0.1, -0.05) is 84.9 Å². The summed E-state index contributed by atoms with van der Waals surface area (Å²) < 4.78 is 0. The summed E-state index contributed by atoms with van der Waals surface area (Å²) >= 11 is 0. The minimum absolute atomic E-state index is 0.0546. The molecule has 0 amide bonds. The molecule has 0 saturated carbocycles. The third-order valence-electron chi connectivity index (χ3n) is 4.84. The second-order valence-corrected chi connectivity index (χ2v) is 6.38. The first kappa shape index (κ1) is 15.1. The summed E-state index contributed by atoms with van der Waals surface area (Å²) in [5.41, 5.74) is 4.83. The first-order valence-corrected chi connectivity index (χ1v) is 8.42. The first-order chi connectivity index (χ1) is 11.8. The number of aliphatic hydroxyl groups is 1. The van der Waals surface area contributed by atoms with Gasteiger partial charge >= 0.3 is 0 Å². The van der Waals surface area contributed by atoms with Crippen molar-refractivity contribution in [3.63, 3.8) is 0 Å². The lowest BCUT2D eigenvalue weighted by atomic mass is 9.94. The van der Waals surface area contributed by atoms with Gasteiger partial charge in [0.25, 0.3) is 0 Å². The highest BCUT2D eigenvalue weighted by atomic mass is 16.3. The molecule has 1 aliphatic heterocycles. The molecular weight excluding hydrogens is 294 g/mol. The van der Waals surface area contributed by atoms with E-state index in [1.165, 1.54) is 11.1 Å². The molecule has 2 atom stereocenters. The number of rotatable bonds is 4. The normalized spacial score (nSPS) is 16.5. The van der Waals surface area contributed by atoms with Gasteiger partial charge in [-0.05, 0) is 22.3 Å². The lowest BCUT2D eigenvalue weighted by molar-refractivity contribution is 0.0448. The van der Waals surface area contributed by atoms with Crippen LogP contribution in [0.15, 0.2) is 84.9 Å². The molecule has 0 spiro atoms. The van der Waals surface area contributed by atoms with E-state index < -0.39 is 6.10 Å². The Morgan fingerprint density at radius 3 is 1.62 bits per heavy atom. The van der Waals surface area contributed by atoms with Crippen molar-refractivity contribution in [1.29, 1.82) is 0 Å². The number of hydrogen-bond donors (Lipinski definition) is 1. The quantitative estimate of drug-likeness (QED) is 0.767. The summed E-state index contributed by atoms with van der Waals surface area (Å²) in [5, 5.41) is 11.1. The Labute approximate surface area is 143 Å². The lowest BCUT2D eigenvalue weighted by Crippen LogP contribution is -2.28. The van der Waals surface area contributed by atoms with E-state index in [1.54, 1.807) is 0 Å². The monoisotopic (exact) mass is 315 g/mol. The Kier molecular flexibility index (Phi) is 4.16. The molecule has 4 rings (SSSR count). The molecule has 3 aromatic rings. The van der Waals surface area contributed by atoms with Crippen molar-refractivity contribution in [1.82, 2.24) is 4.90 Å². The highest BCUT2D eigenvalue weighted by Crippen LogP contribution is 2.39. The molecular formula is C22H21NO. The zero-order valence-electron chi connectivity index (χ0n) is 13.5. The molecule has 0 bridgehead atoms. The zero-order valence-corrected chi connectivity index (χ0v) is 13.5. The largest absolute Gasteiger partial charge is 0.386 e. The van der Waals surface area contributed by atoms with Crippen LogP contribution in [0.1, 0.15) is 34.4 Å². The topological polar surface area (TPSA) is 23.5 Å². The van der Waals surface area contributed by atoms with Gasteiger partial charge in [0.2, 0.25) is 0 Å². The van der Waals surface area contributed by atoms with Gasteiger partial charge < -0.3 is 5.11 Å². The fraction of sp³-hybridized carbons (Fsp3) is 0.182. The van der Waals surface area contributed by atoms with Crippen molar-refractivity contribution < 1.29 is 5.11 Å². The average molecular weight is 315 g/mol. The number of nitrogens with zero attached hydrogens (tertiary/aromatic N) is 1. The second-order valence-electron chi connectivity index (χ2n) is 6.38. The van der Waals surface area contributed by atoms with Gasteiger partial charge in [-0.2, -0.15) is 0 Å². The van der Waals surface area contributed by atoms with Gasteiger partial charge in [0.1, 0.15) is 0 Å². The maximum Gasteiger partial charge on any atom is 0.0987 e. The smallest absolute Gasteiger partial charge is 0.0987 e. The number of hydrogen-bond acceptors (Lipinski definition) is 2. The molecule has 120 valence electrons. The maximum atomic E-state index is 11.1. The average Bonchev–Trinajstić information content (AvgIpc) is 3.07. The number of fused-ring (bicyclic) bond motifs is 1. The molecule has 0 aliphatic carbocycles. The van der Waals surface area contributed by atoms with Crippen molar-refractivity contribution in [2.45, 2.75) is 25.2 Å². The van der Waals surface area contributed by atoms with Crippen molar-refractivity contribution in [3.8, 4) is 0 Å². The van der Waals surface area contributed by atoms with E-state index in [2.05, 4.69) is 41.3 Å². The van der Waals surface area contributed by atoms with Crippen LogP contribution in [0.25, 0.3) is 0 Å². The maximum absolute atomic E-state index is 11.1. The van der Waals surface area contributed by atoms with Crippen LogP contribution in [0.3, 0.4) is 0 Å². The van der Waals surface area contributed by atoms with Gasteiger partial charge in [-0.3, -0.25) is 4.90 Å². The van der Waals surface area contributed by atoms with Crippen LogP contribution in [-0.4, -0.2) is 10.0 Å². The molecule has 2 heteroatoms. The molecule has 0 radical (unpaired) electrons. The Balaban J connectivity index is 1.70. The molecule has 2 unspecified atom stereocenters. The lowest BCUT2D eigenvalue weighted by Gasteiger charge is -2.32.